The minimum atomic E-state index is -3.63. The van der Waals surface area contributed by atoms with Crippen molar-refractivity contribution in [2.24, 2.45) is 7.05 Å². The second-order valence-electron chi connectivity index (χ2n) is 4.59. The third kappa shape index (κ3) is 3.02. The van der Waals surface area contributed by atoms with Gasteiger partial charge in [0, 0.05) is 24.6 Å². The smallest absolute Gasteiger partial charge is 0.263 e. The standard InChI is InChI=1S/C14H18N2O3S/c1-3-11-4-6-12(7-5-11)15-20(18,19)14-8-13(10-17)16(2)9-14/h4-9,15,17H,3,10H2,1-2H3. The van der Waals surface area contributed by atoms with Crippen molar-refractivity contribution >= 4 is 15.7 Å². The van der Waals surface area contributed by atoms with Gasteiger partial charge < -0.3 is 9.67 Å². The third-order valence-corrected chi connectivity index (χ3v) is 4.52. The Kier molecular flexibility index (Phi) is 4.15. The largest absolute Gasteiger partial charge is 0.390 e. The first-order chi connectivity index (χ1) is 9.46. The van der Waals surface area contributed by atoms with Crippen LogP contribution in [0.4, 0.5) is 5.69 Å². The lowest BCUT2D eigenvalue weighted by Crippen LogP contribution is -2.12. The summed E-state index contributed by atoms with van der Waals surface area (Å²) in [7, 11) is -1.93. The van der Waals surface area contributed by atoms with Gasteiger partial charge in [0.05, 0.1) is 6.61 Å². The van der Waals surface area contributed by atoms with Crippen LogP contribution in [0.1, 0.15) is 18.2 Å². The highest BCUT2D eigenvalue weighted by Gasteiger charge is 2.17. The van der Waals surface area contributed by atoms with Crippen LogP contribution in [0.2, 0.25) is 0 Å². The predicted molar refractivity (Wildman–Crippen MR) is 78.0 cm³/mol. The van der Waals surface area contributed by atoms with Gasteiger partial charge >= 0.3 is 0 Å². The summed E-state index contributed by atoms with van der Waals surface area (Å²) in [5.74, 6) is 0. The fourth-order valence-electron chi connectivity index (χ4n) is 1.90. The molecule has 2 N–H and O–H groups in total. The van der Waals surface area contributed by atoms with Crippen molar-refractivity contribution in [3.63, 3.8) is 0 Å². The number of nitrogens with one attached hydrogen (secondary N) is 1. The molecule has 0 radical (unpaired) electrons. The highest BCUT2D eigenvalue weighted by molar-refractivity contribution is 7.92. The van der Waals surface area contributed by atoms with E-state index in [9.17, 15) is 8.42 Å². The lowest BCUT2D eigenvalue weighted by atomic mass is 10.2. The van der Waals surface area contributed by atoms with Crippen LogP contribution in [-0.2, 0) is 30.1 Å². The lowest BCUT2D eigenvalue weighted by molar-refractivity contribution is 0.272. The summed E-state index contributed by atoms with van der Waals surface area (Å²) in [5, 5.41) is 9.11. The van der Waals surface area contributed by atoms with E-state index in [0.717, 1.165) is 12.0 Å². The molecule has 0 aliphatic carbocycles. The molecule has 108 valence electrons. The van der Waals surface area contributed by atoms with Crippen LogP contribution < -0.4 is 4.72 Å². The molecule has 1 aromatic carbocycles. The molecule has 1 aromatic heterocycles. The van der Waals surface area contributed by atoms with Crippen LogP contribution >= 0.6 is 0 Å². The molecule has 20 heavy (non-hydrogen) atoms. The number of benzene rings is 1. The van der Waals surface area contributed by atoms with Crippen LogP contribution in [0.5, 0.6) is 0 Å². The second-order valence-corrected chi connectivity index (χ2v) is 6.27. The summed E-state index contributed by atoms with van der Waals surface area (Å²) < 4.78 is 28.6. The second kappa shape index (κ2) is 5.68. The van der Waals surface area contributed by atoms with E-state index < -0.39 is 10.0 Å². The molecular formula is C14H18N2O3S. The minimum Gasteiger partial charge on any atom is -0.390 e. The van der Waals surface area contributed by atoms with E-state index in [0.29, 0.717) is 11.4 Å². The average molecular weight is 294 g/mol. The molecule has 6 heteroatoms. The van der Waals surface area contributed by atoms with E-state index in [2.05, 4.69) is 4.72 Å². The molecule has 1 heterocycles. The molecule has 0 bridgehead atoms. The Morgan fingerprint density at radius 1 is 1.25 bits per heavy atom. The molecule has 0 fully saturated rings. The molecule has 0 aliphatic heterocycles. The van der Waals surface area contributed by atoms with Gasteiger partial charge in [0.2, 0.25) is 0 Å². The van der Waals surface area contributed by atoms with E-state index >= 15 is 0 Å². The van der Waals surface area contributed by atoms with Crippen LogP contribution in [0.3, 0.4) is 0 Å². The summed E-state index contributed by atoms with van der Waals surface area (Å²) in [4.78, 5) is 0.142. The fraction of sp³-hybridized carbons (Fsp3) is 0.286. The highest BCUT2D eigenvalue weighted by Crippen LogP contribution is 2.18. The quantitative estimate of drug-likeness (QED) is 0.884. The maximum Gasteiger partial charge on any atom is 0.263 e. The number of sulfonamides is 1. The number of rotatable bonds is 5. The van der Waals surface area contributed by atoms with Crippen molar-refractivity contribution in [3.05, 3.63) is 47.8 Å². The summed E-state index contributed by atoms with van der Waals surface area (Å²) in [5.41, 5.74) is 2.22. The Hall–Kier alpha value is -1.79. The lowest BCUT2D eigenvalue weighted by Gasteiger charge is -2.07. The molecule has 0 spiro atoms. The summed E-state index contributed by atoms with van der Waals surface area (Å²) >= 11 is 0. The van der Waals surface area contributed by atoms with Gasteiger partial charge in [0.15, 0.2) is 0 Å². The van der Waals surface area contributed by atoms with Gasteiger partial charge in [-0.05, 0) is 30.2 Å². The zero-order valence-electron chi connectivity index (χ0n) is 11.5. The first-order valence-electron chi connectivity index (χ1n) is 6.34. The molecular weight excluding hydrogens is 276 g/mol. The summed E-state index contributed by atoms with van der Waals surface area (Å²) in [6.45, 7) is 1.84. The third-order valence-electron chi connectivity index (χ3n) is 3.17. The first kappa shape index (κ1) is 14.6. The number of anilines is 1. The predicted octanol–water partition coefficient (Wildman–Crippen LogP) is 1.88. The van der Waals surface area contributed by atoms with E-state index in [1.54, 1.807) is 23.7 Å². The van der Waals surface area contributed by atoms with Crippen molar-refractivity contribution in [2.45, 2.75) is 24.8 Å². The monoisotopic (exact) mass is 294 g/mol. The van der Waals surface area contributed by atoms with Crippen LogP contribution in [0, 0.1) is 0 Å². The SMILES string of the molecule is CCc1ccc(NS(=O)(=O)c2cc(CO)n(C)c2)cc1. The van der Waals surface area contributed by atoms with Gasteiger partial charge in [-0.1, -0.05) is 19.1 Å². The van der Waals surface area contributed by atoms with Gasteiger partial charge in [-0.2, -0.15) is 0 Å². The average Bonchev–Trinajstić information content (AvgIpc) is 2.81. The van der Waals surface area contributed by atoms with Crippen molar-refractivity contribution in [3.8, 4) is 0 Å². The number of aryl methyl sites for hydroxylation is 2. The van der Waals surface area contributed by atoms with Crippen molar-refractivity contribution < 1.29 is 13.5 Å². The topological polar surface area (TPSA) is 71.3 Å². The number of aromatic nitrogens is 1. The minimum absolute atomic E-state index is 0.142. The Morgan fingerprint density at radius 3 is 2.40 bits per heavy atom. The maximum atomic E-state index is 12.2. The molecule has 0 aliphatic rings. The van der Waals surface area contributed by atoms with E-state index in [1.165, 1.54) is 12.3 Å². The molecule has 5 nitrogen and oxygen atoms in total. The Bertz CT molecular complexity index is 688. The van der Waals surface area contributed by atoms with Crippen molar-refractivity contribution in [2.75, 3.05) is 4.72 Å². The molecule has 0 saturated carbocycles. The summed E-state index contributed by atoms with van der Waals surface area (Å²) in [6, 6.07) is 8.73. The number of aliphatic hydroxyl groups is 1. The fourth-order valence-corrected chi connectivity index (χ4v) is 3.06. The number of aliphatic hydroxyl groups excluding tert-OH is 1. The molecule has 2 rings (SSSR count). The van der Waals surface area contributed by atoms with Gasteiger partial charge in [0.1, 0.15) is 4.90 Å². The van der Waals surface area contributed by atoms with Crippen LogP contribution in [0.15, 0.2) is 41.4 Å². The molecule has 0 unspecified atom stereocenters. The van der Waals surface area contributed by atoms with Gasteiger partial charge in [-0.15, -0.1) is 0 Å². The van der Waals surface area contributed by atoms with Crippen molar-refractivity contribution in [1.29, 1.82) is 0 Å². The van der Waals surface area contributed by atoms with Crippen LogP contribution in [-0.4, -0.2) is 18.1 Å². The molecule has 0 amide bonds. The van der Waals surface area contributed by atoms with Gasteiger partial charge in [-0.3, -0.25) is 4.72 Å². The van der Waals surface area contributed by atoms with E-state index in [-0.39, 0.29) is 11.5 Å². The Labute approximate surface area is 118 Å². The number of nitrogens with zero attached hydrogens (tertiary/aromatic N) is 1. The zero-order valence-corrected chi connectivity index (χ0v) is 12.3. The molecule has 2 aromatic rings. The molecule has 0 saturated heterocycles. The van der Waals surface area contributed by atoms with E-state index in [4.69, 9.17) is 5.11 Å². The Balaban J connectivity index is 2.25. The normalized spacial score (nSPS) is 11.6. The first-order valence-corrected chi connectivity index (χ1v) is 7.82. The van der Waals surface area contributed by atoms with Gasteiger partial charge in [0.25, 0.3) is 10.0 Å². The highest BCUT2D eigenvalue weighted by atomic mass is 32.2. The van der Waals surface area contributed by atoms with E-state index in [1.807, 2.05) is 19.1 Å². The van der Waals surface area contributed by atoms with Gasteiger partial charge in [-0.25, -0.2) is 8.42 Å². The maximum absolute atomic E-state index is 12.2. The van der Waals surface area contributed by atoms with Crippen molar-refractivity contribution in [1.82, 2.24) is 4.57 Å². The van der Waals surface area contributed by atoms with Crippen LogP contribution in [0.25, 0.3) is 0 Å². The molecule has 0 atom stereocenters. The number of hydrogen-bond acceptors (Lipinski definition) is 3. The summed E-state index contributed by atoms with van der Waals surface area (Å²) in [6.07, 6.45) is 2.39. The number of hydrogen-bond donors (Lipinski definition) is 2. The Morgan fingerprint density at radius 2 is 1.90 bits per heavy atom. The zero-order chi connectivity index (χ0) is 14.8.